The summed E-state index contributed by atoms with van der Waals surface area (Å²) in [6.45, 7) is 0.164. The molecular weight excluding hydrogens is 467 g/mol. The summed E-state index contributed by atoms with van der Waals surface area (Å²) in [5.74, 6) is 0.324. The first-order chi connectivity index (χ1) is 16.3. The minimum Gasteiger partial charge on any atom is -0.457 e. The van der Waals surface area contributed by atoms with Crippen LogP contribution in [0.15, 0.2) is 53.4 Å². The molecule has 184 valence electrons. The van der Waals surface area contributed by atoms with Crippen molar-refractivity contribution in [3.8, 4) is 11.5 Å². The smallest absolute Gasteiger partial charge is 0.432 e. The fourth-order valence-electron chi connectivity index (χ4n) is 4.79. The van der Waals surface area contributed by atoms with Crippen LogP contribution in [0, 0.1) is 17.7 Å². The van der Waals surface area contributed by atoms with Gasteiger partial charge in [0, 0.05) is 19.6 Å². The van der Waals surface area contributed by atoms with Crippen LogP contribution < -0.4 is 10.2 Å². The largest absolute Gasteiger partial charge is 0.457 e. The first kappa shape index (κ1) is 24.4. The number of carbonyl (C=O) groups excluding carboxylic acids is 1. The number of amides is 1. The molecule has 2 fully saturated rings. The molecule has 11 heteroatoms. The van der Waals surface area contributed by atoms with Gasteiger partial charge < -0.3 is 14.2 Å². The molecule has 0 spiro atoms. The molecule has 34 heavy (non-hydrogen) atoms. The molecule has 4 rings (SSSR count). The number of hydroxylamine groups is 1. The number of ether oxygens (including phenoxy) is 3. The number of sulfonamides is 1. The molecule has 0 bridgehead atoms. The van der Waals surface area contributed by atoms with E-state index in [0.29, 0.717) is 24.3 Å². The van der Waals surface area contributed by atoms with Gasteiger partial charge in [-0.25, -0.2) is 23.1 Å². The van der Waals surface area contributed by atoms with Gasteiger partial charge in [-0.15, -0.1) is 0 Å². The van der Waals surface area contributed by atoms with Gasteiger partial charge in [0.1, 0.15) is 17.3 Å². The number of nitrogens with one attached hydrogen (secondary N) is 1. The first-order valence-corrected chi connectivity index (χ1v) is 12.4. The Morgan fingerprint density at radius 2 is 1.71 bits per heavy atom. The molecule has 1 saturated heterocycles. The minimum absolute atomic E-state index is 0.0148. The second kappa shape index (κ2) is 10.3. The van der Waals surface area contributed by atoms with Crippen LogP contribution in [0.1, 0.15) is 25.7 Å². The minimum atomic E-state index is -4.02. The molecular formula is C23H27FN2O7S. The van der Waals surface area contributed by atoms with Gasteiger partial charge in [-0.1, -0.05) is 0 Å². The third kappa shape index (κ3) is 5.17. The van der Waals surface area contributed by atoms with E-state index in [2.05, 4.69) is 0 Å². The van der Waals surface area contributed by atoms with Gasteiger partial charge in [-0.3, -0.25) is 5.21 Å². The van der Waals surface area contributed by atoms with E-state index in [1.807, 2.05) is 0 Å². The second-order valence-electron chi connectivity index (χ2n) is 8.43. The molecule has 1 heterocycles. The van der Waals surface area contributed by atoms with Crippen LogP contribution in [-0.2, 0) is 19.5 Å². The molecule has 2 N–H and O–H groups in total. The highest BCUT2D eigenvalue weighted by Gasteiger charge is 2.48. The number of rotatable bonds is 6. The van der Waals surface area contributed by atoms with Crippen molar-refractivity contribution in [3.63, 3.8) is 0 Å². The Morgan fingerprint density at radius 1 is 1.06 bits per heavy atom. The molecule has 4 atom stereocenters. The van der Waals surface area contributed by atoms with E-state index in [9.17, 15) is 17.6 Å². The number of piperidine rings is 1. The van der Waals surface area contributed by atoms with E-state index >= 15 is 0 Å². The lowest BCUT2D eigenvalue weighted by Crippen LogP contribution is -2.55. The van der Waals surface area contributed by atoms with E-state index in [-0.39, 0.29) is 35.2 Å². The summed E-state index contributed by atoms with van der Waals surface area (Å²) in [6, 6.07) is 11.3. The zero-order valence-corrected chi connectivity index (χ0v) is 19.4. The van der Waals surface area contributed by atoms with Crippen molar-refractivity contribution in [2.45, 2.75) is 42.9 Å². The second-order valence-corrected chi connectivity index (χ2v) is 10.3. The summed E-state index contributed by atoms with van der Waals surface area (Å²) in [5, 5.41) is 8.97. The third-order valence-corrected chi connectivity index (χ3v) is 8.37. The van der Waals surface area contributed by atoms with Gasteiger partial charge >= 0.3 is 6.09 Å². The van der Waals surface area contributed by atoms with Crippen LogP contribution >= 0.6 is 0 Å². The fourth-order valence-corrected chi connectivity index (χ4v) is 6.36. The number of benzene rings is 2. The number of hydrogen-bond acceptors (Lipinski definition) is 7. The summed E-state index contributed by atoms with van der Waals surface area (Å²) in [7, 11) is -2.37. The Bertz CT molecular complexity index is 1100. The first-order valence-electron chi connectivity index (χ1n) is 11.0. The summed E-state index contributed by atoms with van der Waals surface area (Å²) < 4.78 is 57.8. The lowest BCUT2D eigenvalue weighted by atomic mass is 9.73. The predicted molar refractivity (Wildman–Crippen MR) is 118 cm³/mol. The number of fused-ring (bicyclic) bond motifs is 1. The van der Waals surface area contributed by atoms with Gasteiger partial charge in [0.25, 0.3) is 0 Å². The van der Waals surface area contributed by atoms with Crippen molar-refractivity contribution >= 4 is 16.1 Å². The quantitative estimate of drug-likeness (QED) is 0.463. The lowest BCUT2D eigenvalue weighted by Gasteiger charge is -2.47. The Balaban J connectivity index is 1.55. The maximum Gasteiger partial charge on any atom is 0.432 e. The molecule has 0 radical (unpaired) electrons. The van der Waals surface area contributed by atoms with Gasteiger partial charge in [0.05, 0.1) is 11.0 Å². The van der Waals surface area contributed by atoms with E-state index in [1.54, 1.807) is 7.11 Å². The highest BCUT2D eigenvalue weighted by Crippen LogP contribution is 2.43. The number of carbonyl (C=O) groups is 1. The number of hydrogen-bond donors (Lipinski definition) is 2. The molecule has 0 aromatic heterocycles. The van der Waals surface area contributed by atoms with Crippen LogP contribution in [-0.4, -0.2) is 50.0 Å². The molecule has 1 aliphatic heterocycles. The summed E-state index contributed by atoms with van der Waals surface area (Å²) in [6.07, 6.45) is 0.642. The van der Waals surface area contributed by atoms with Crippen LogP contribution in [0.3, 0.4) is 0 Å². The summed E-state index contributed by atoms with van der Waals surface area (Å²) in [4.78, 5) is 11.9. The standard InChI is InChI=1S/C23H27FN2O7S/c1-31-19-8-11-21-15(14-19)12-13-26(22(21)33-23(27)25-28)34(29,30)20-9-6-18(7-10-20)32-17-4-2-16(24)3-5-17/h2-7,9-10,15,19,21-22,28H,8,11-14H2,1H3,(H,25,27). The van der Waals surface area contributed by atoms with Crippen LogP contribution in [0.2, 0.25) is 0 Å². The highest BCUT2D eigenvalue weighted by molar-refractivity contribution is 7.89. The van der Waals surface area contributed by atoms with E-state index in [1.165, 1.54) is 58.3 Å². The Morgan fingerprint density at radius 3 is 2.32 bits per heavy atom. The van der Waals surface area contributed by atoms with Crippen molar-refractivity contribution in [1.29, 1.82) is 0 Å². The molecule has 2 aromatic rings. The number of nitrogens with zero attached hydrogens (tertiary/aromatic N) is 1. The zero-order chi connectivity index (χ0) is 24.3. The molecule has 4 unspecified atom stereocenters. The van der Waals surface area contributed by atoms with Crippen LogP contribution in [0.5, 0.6) is 11.5 Å². The Kier molecular flexibility index (Phi) is 7.36. The highest BCUT2D eigenvalue weighted by atomic mass is 32.2. The molecule has 1 aliphatic carbocycles. The SMILES string of the molecule is COC1CCC2C(CCN(S(=O)(=O)c3ccc(Oc4ccc(F)cc4)cc3)C2OC(=O)NO)C1. The topological polar surface area (TPSA) is 114 Å². The van der Waals surface area contributed by atoms with Crippen LogP contribution in [0.25, 0.3) is 0 Å². The molecule has 1 saturated carbocycles. The number of halogens is 1. The van der Waals surface area contributed by atoms with E-state index in [0.717, 1.165) is 12.8 Å². The molecule has 2 aliphatic rings. The molecule has 1 amide bonds. The van der Waals surface area contributed by atoms with Gasteiger partial charge in [-0.2, -0.15) is 4.31 Å². The maximum absolute atomic E-state index is 13.5. The van der Waals surface area contributed by atoms with Gasteiger partial charge in [0.15, 0.2) is 6.23 Å². The third-order valence-electron chi connectivity index (χ3n) is 6.50. The Hall–Kier alpha value is -2.73. The average Bonchev–Trinajstić information content (AvgIpc) is 2.85. The molecule has 9 nitrogen and oxygen atoms in total. The monoisotopic (exact) mass is 494 g/mol. The summed E-state index contributed by atoms with van der Waals surface area (Å²) in [5.41, 5.74) is 1.43. The van der Waals surface area contributed by atoms with Crippen molar-refractivity contribution in [2.75, 3.05) is 13.7 Å². The Labute approximate surface area is 197 Å². The van der Waals surface area contributed by atoms with Gasteiger partial charge in [-0.05, 0) is 80.1 Å². The van der Waals surface area contributed by atoms with Crippen molar-refractivity contribution in [3.05, 3.63) is 54.3 Å². The van der Waals surface area contributed by atoms with E-state index in [4.69, 9.17) is 19.4 Å². The van der Waals surface area contributed by atoms with Gasteiger partial charge in [0.2, 0.25) is 10.0 Å². The van der Waals surface area contributed by atoms with Crippen molar-refractivity contribution in [1.82, 2.24) is 9.79 Å². The number of methoxy groups -OCH3 is 1. The average molecular weight is 495 g/mol. The summed E-state index contributed by atoms with van der Waals surface area (Å²) >= 11 is 0. The van der Waals surface area contributed by atoms with Crippen LogP contribution in [0.4, 0.5) is 9.18 Å². The zero-order valence-electron chi connectivity index (χ0n) is 18.6. The maximum atomic E-state index is 13.5. The molecule has 2 aromatic carbocycles. The lowest BCUT2D eigenvalue weighted by molar-refractivity contribution is -0.0951. The van der Waals surface area contributed by atoms with Crippen molar-refractivity contribution < 1.29 is 37.0 Å². The van der Waals surface area contributed by atoms with E-state index < -0.39 is 22.3 Å². The predicted octanol–water partition coefficient (Wildman–Crippen LogP) is 3.89. The van der Waals surface area contributed by atoms with Crippen molar-refractivity contribution in [2.24, 2.45) is 11.8 Å². The normalized spacial score (nSPS) is 25.3. The fraction of sp³-hybridized carbons (Fsp3) is 0.435.